The van der Waals surface area contributed by atoms with E-state index >= 15 is 0 Å². The molecule has 1 aromatic carbocycles. The van der Waals surface area contributed by atoms with E-state index in [1.54, 1.807) is 35.9 Å². The van der Waals surface area contributed by atoms with E-state index in [0.717, 1.165) is 40.5 Å². The molecule has 3 aromatic heterocycles. The Morgan fingerprint density at radius 1 is 1.10 bits per heavy atom. The molecule has 224 valence electrons. The zero-order chi connectivity index (χ0) is 30.1. The lowest BCUT2D eigenvalue weighted by atomic mass is 9.62. The second-order valence-corrected chi connectivity index (χ2v) is 11.6. The summed E-state index contributed by atoms with van der Waals surface area (Å²) in [4.78, 5) is 13.5. The summed E-state index contributed by atoms with van der Waals surface area (Å²) in [5.41, 5.74) is -1.97. The highest BCUT2D eigenvalue weighted by Gasteiger charge is 2.53. The molecule has 0 aliphatic heterocycles. The van der Waals surface area contributed by atoms with Gasteiger partial charge in [-0.05, 0) is 68.4 Å². The van der Waals surface area contributed by atoms with Crippen LogP contribution in [0.4, 0.5) is 26.3 Å². The van der Waals surface area contributed by atoms with Crippen LogP contribution in [0.2, 0.25) is 0 Å². The van der Waals surface area contributed by atoms with Crippen molar-refractivity contribution in [2.75, 3.05) is 0 Å². The molecule has 0 spiro atoms. The zero-order valence-electron chi connectivity index (χ0n) is 22.8. The number of nitrogens with one attached hydrogen (secondary N) is 1. The number of rotatable bonds is 7. The van der Waals surface area contributed by atoms with Gasteiger partial charge in [-0.25, -0.2) is 4.79 Å². The summed E-state index contributed by atoms with van der Waals surface area (Å²) < 4.78 is 89.2. The van der Waals surface area contributed by atoms with Gasteiger partial charge in [-0.2, -0.15) is 13.2 Å². The first-order valence-electron chi connectivity index (χ1n) is 13.5. The predicted molar refractivity (Wildman–Crippen MR) is 139 cm³/mol. The molecule has 6 rings (SSSR count). The van der Waals surface area contributed by atoms with Crippen molar-refractivity contribution in [1.82, 2.24) is 29.0 Å². The molecule has 0 radical (unpaired) electrons. The summed E-state index contributed by atoms with van der Waals surface area (Å²) in [5, 5.41) is 11.3. The Morgan fingerprint density at radius 3 is 2.43 bits per heavy atom. The summed E-state index contributed by atoms with van der Waals surface area (Å²) >= 11 is 0. The topological polar surface area (TPSA) is 78.4 Å². The Balaban J connectivity index is 1.41. The number of pyridine rings is 1. The third-order valence-corrected chi connectivity index (χ3v) is 8.57. The molecule has 0 amide bonds. The lowest BCUT2D eigenvalue weighted by Gasteiger charge is -2.46. The molecule has 0 bridgehead atoms. The highest BCUT2D eigenvalue weighted by Crippen LogP contribution is 2.51. The van der Waals surface area contributed by atoms with Crippen LogP contribution in [0.15, 0.2) is 53.8 Å². The monoisotopic (exact) mass is 594 g/mol. The second kappa shape index (κ2) is 9.69. The van der Waals surface area contributed by atoms with Crippen molar-refractivity contribution in [2.45, 2.75) is 75.2 Å². The Hall–Kier alpha value is -3.65. The predicted octanol–water partition coefficient (Wildman–Crippen LogP) is 5.25. The first-order chi connectivity index (χ1) is 19.7. The molecule has 14 heteroatoms. The van der Waals surface area contributed by atoms with Crippen LogP contribution in [0.25, 0.3) is 11.2 Å². The van der Waals surface area contributed by atoms with Gasteiger partial charge in [0.25, 0.3) is 0 Å². The number of nitrogens with zero attached hydrogens (tertiary/aromatic N) is 5. The molecular weight excluding hydrogens is 566 g/mol. The molecule has 2 saturated carbocycles. The van der Waals surface area contributed by atoms with Gasteiger partial charge in [0.2, 0.25) is 0 Å². The van der Waals surface area contributed by atoms with Gasteiger partial charge < -0.3 is 9.88 Å². The Bertz CT molecular complexity index is 1690. The van der Waals surface area contributed by atoms with Crippen LogP contribution in [0.3, 0.4) is 0 Å². The Labute approximate surface area is 235 Å². The maximum atomic E-state index is 14.2. The van der Waals surface area contributed by atoms with Crippen LogP contribution in [0, 0.1) is 0 Å². The molecule has 42 heavy (non-hydrogen) atoms. The minimum Gasteiger partial charge on any atom is -0.320 e. The van der Waals surface area contributed by atoms with E-state index in [-0.39, 0.29) is 36.1 Å². The molecule has 0 atom stereocenters. The molecule has 0 unspecified atom stereocenters. The van der Waals surface area contributed by atoms with Crippen LogP contribution >= 0.6 is 0 Å². The van der Waals surface area contributed by atoms with Gasteiger partial charge in [0.05, 0.1) is 28.3 Å². The average molecular weight is 595 g/mol. The van der Waals surface area contributed by atoms with Gasteiger partial charge in [-0.15, -0.1) is 23.4 Å². The maximum Gasteiger partial charge on any atom is 0.522 e. The number of aryl methyl sites for hydroxylation is 1. The van der Waals surface area contributed by atoms with E-state index < -0.39 is 35.3 Å². The quantitative estimate of drug-likeness (QED) is 0.296. The van der Waals surface area contributed by atoms with E-state index in [2.05, 4.69) is 20.3 Å². The fourth-order valence-electron chi connectivity index (χ4n) is 6.16. The van der Waals surface area contributed by atoms with E-state index in [1.165, 1.54) is 12.5 Å². The lowest BCUT2D eigenvalue weighted by molar-refractivity contribution is -0.354. The number of hydrogen-bond acceptors (Lipinski definition) is 5. The molecule has 8 nitrogen and oxygen atoms in total. The molecule has 2 aliphatic carbocycles. The molecule has 0 saturated heterocycles. The van der Waals surface area contributed by atoms with Crippen molar-refractivity contribution < 1.29 is 31.1 Å². The number of ether oxygens (including phenoxy) is 1. The molecule has 3 heterocycles. The summed E-state index contributed by atoms with van der Waals surface area (Å²) in [6.07, 6.45) is -3.87. The highest BCUT2D eigenvalue weighted by molar-refractivity contribution is 5.58. The number of hydrogen-bond donors (Lipinski definition) is 1. The van der Waals surface area contributed by atoms with Gasteiger partial charge in [-0.1, -0.05) is 12.1 Å². The number of aromatic nitrogens is 5. The molecule has 2 fully saturated rings. The fraction of sp³-hybridized carbons (Fsp3) is 0.464. The minimum absolute atomic E-state index is 0.0529. The molecule has 2 aliphatic rings. The van der Waals surface area contributed by atoms with Crippen LogP contribution in [0.1, 0.15) is 61.5 Å². The van der Waals surface area contributed by atoms with Gasteiger partial charge in [-0.3, -0.25) is 13.7 Å². The van der Waals surface area contributed by atoms with Gasteiger partial charge in [0.1, 0.15) is 12.2 Å². The normalized spacial score (nSPS) is 22.2. The van der Waals surface area contributed by atoms with E-state index in [1.807, 2.05) is 6.92 Å². The zero-order valence-corrected chi connectivity index (χ0v) is 22.8. The summed E-state index contributed by atoms with van der Waals surface area (Å²) in [7, 11) is 1.67. The van der Waals surface area contributed by atoms with E-state index in [9.17, 15) is 31.1 Å². The number of alkyl halides is 6. The lowest BCUT2D eigenvalue weighted by Crippen LogP contribution is -2.50. The first-order valence-corrected chi connectivity index (χ1v) is 13.5. The van der Waals surface area contributed by atoms with E-state index in [4.69, 9.17) is 0 Å². The molecule has 4 aromatic rings. The van der Waals surface area contributed by atoms with Gasteiger partial charge >= 0.3 is 18.2 Å². The number of halogens is 6. The first kappa shape index (κ1) is 28.5. The fourth-order valence-corrected chi connectivity index (χ4v) is 6.16. The van der Waals surface area contributed by atoms with Crippen LogP contribution < -0.4 is 11.0 Å². The van der Waals surface area contributed by atoms with E-state index in [0.29, 0.717) is 17.0 Å². The highest BCUT2D eigenvalue weighted by atomic mass is 19.4. The summed E-state index contributed by atoms with van der Waals surface area (Å²) in [6, 6.07) is 7.50. The molecular formula is C28H28F6N6O2. The standard InChI is InChI=1S/C28H28F6N6O2/c1-25(7-4-8-25)35-13-17-9-21(27(29,30)31)22-15-39(24(41)40(22)14-17)19-6-3-5-18(10-19)26(23-37-36-16-38(23)2)11-20(12-26)42-28(32,33)34/h3,5-6,9-10,14-16,20,35H,4,7-8,11-13H2,1-2H3. The van der Waals surface area contributed by atoms with Crippen molar-refractivity contribution in [3.05, 3.63) is 82.1 Å². The summed E-state index contributed by atoms with van der Waals surface area (Å²) in [6.45, 7) is 2.19. The molecule has 1 N–H and O–H groups in total. The van der Waals surface area contributed by atoms with Crippen molar-refractivity contribution >= 4 is 5.52 Å². The van der Waals surface area contributed by atoms with Crippen molar-refractivity contribution in [3.63, 3.8) is 0 Å². The second-order valence-electron chi connectivity index (χ2n) is 11.6. The Morgan fingerprint density at radius 2 is 1.83 bits per heavy atom. The number of fused-ring (bicyclic) bond motifs is 1. The number of benzene rings is 1. The van der Waals surface area contributed by atoms with Crippen molar-refractivity contribution in [3.8, 4) is 5.69 Å². The van der Waals surface area contributed by atoms with Crippen LogP contribution in [-0.4, -0.2) is 41.7 Å². The largest absolute Gasteiger partial charge is 0.522 e. The third kappa shape index (κ3) is 5.00. The van der Waals surface area contributed by atoms with Gasteiger partial charge in [0, 0.05) is 31.5 Å². The van der Waals surface area contributed by atoms with Crippen LogP contribution in [0.5, 0.6) is 0 Å². The smallest absolute Gasteiger partial charge is 0.320 e. The minimum atomic E-state index is -4.81. The Kier molecular flexibility index (Phi) is 6.57. The van der Waals surface area contributed by atoms with Crippen molar-refractivity contribution in [1.29, 1.82) is 0 Å². The number of imidazole rings is 1. The third-order valence-electron chi connectivity index (χ3n) is 8.57. The summed E-state index contributed by atoms with van der Waals surface area (Å²) in [5.74, 6) is 0.410. The average Bonchev–Trinajstić information content (AvgIpc) is 3.45. The van der Waals surface area contributed by atoms with Crippen molar-refractivity contribution in [2.24, 2.45) is 7.05 Å². The SMILES string of the molecule is Cn1cnnc1C1(c2cccc(-n3cc4c(C(F)(F)F)cc(CNC5(C)CCC5)cn4c3=O)c2)CC(OC(F)(F)F)C1. The van der Waals surface area contributed by atoms with Crippen LogP contribution in [-0.2, 0) is 29.9 Å². The van der Waals surface area contributed by atoms with Gasteiger partial charge in [0.15, 0.2) is 0 Å². The maximum absolute atomic E-state index is 14.2.